The molecule has 0 aliphatic heterocycles. The number of aromatic carboxylic acids is 1. The number of carboxylic acid groups (broad SMARTS) is 1. The highest BCUT2D eigenvalue weighted by atomic mass is 79.9. The quantitative estimate of drug-likeness (QED) is 0.843. The van der Waals surface area contributed by atoms with Crippen LogP contribution in [0.5, 0.6) is 5.75 Å². The summed E-state index contributed by atoms with van der Waals surface area (Å²) in [6.07, 6.45) is 1.74. The number of pyridine rings is 1. The van der Waals surface area contributed by atoms with Crippen molar-refractivity contribution in [2.75, 3.05) is 0 Å². The van der Waals surface area contributed by atoms with Crippen molar-refractivity contribution in [3.05, 3.63) is 46.6 Å². The first-order chi connectivity index (χ1) is 9.97. The van der Waals surface area contributed by atoms with Gasteiger partial charge in [0.1, 0.15) is 5.03 Å². The van der Waals surface area contributed by atoms with Gasteiger partial charge in [0, 0.05) is 15.6 Å². The third-order valence-electron chi connectivity index (χ3n) is 2.48. The van der Waals surface area contributed by atoms with Gasteiger partial charge < -0.3 is 9.84 Å². The van der Waals surface area contributed by atoms with Crippen LogP contribution in [0, 0.1) is 0 Å². The van der Waals surface area contributed by atoms with Gasteiger partial charge in [-0.2, -0.15) is 0 Å². The van der Waals surface area contributed by atoms with Crippen molar-refractivity contribution in [1.29, 1.82) is 0 Å². The van der Waals surface area contributed by atoms with Crippen LogP contribution in [-0.4, -0.2) is 22.2 Å². The third-order valence-corrected chi connectivity index (χ3v) is 4.16. The van der Waals surface area contributed by atoms with Crippen LogP contribution in [0.15, 0.2) is 50.9 Å². The molecule has 0 saturated heterocycles. The maximum Gasteiger partial charge on any atom is 0.336 e. The number of carboxylic acids is 1. The molecule has 0 amide bonds. The highest BCUT2D eigenvalue weighted by molar-refractivity contribution is 9.10. The number of benzene rings is 1. The van der Waals surface area contributed by atoms with Gasteiger partial charge in [0.05, 0.1) is 11.7 Å². The summed E-state index contributed by atoms with van der Waals surface area (Å²) < 4.78 is 6.26. The van der Waals surface area contributed by atoms with Gasteiger partial charge in [0.15, 0.2) is 5.75 Å². The van der Waals surface area contributed by atoms with Crippen molar-refractivity contribution >= 4 is 33.7 Å². The number of aromatic nitrogens is 1. The molecule has 0 radical (unpaired) electrons. The number of halogens is 1. The van der Waals surface area contributed by atoms with Crippen LogP contribution in [0.1, 0.15) is 24.2 Å². The van der Waals surface area contributed by atoms with Crippen molar-refractivity contribution in [2.45, 2.75) is 29.9 Å². The minimum absolute atomic E-state index is 0.0491. The average molecular weight is 368 g/mol. The van der Waals surface area contributed by atoms with Crippen LogP contribution in [-0.2, 0) is 0 Å². The van der Waals surface area contributed by atoms with E-state index in [9.17, 15) is 4.79 Å². The molecule has 1 aromatic carbocycles. The molecule has 21 heavy (non-hydrogen) atoms. The van der Waals surface area contributed by atoms with E-state index >= 15 is 0 Å². The fraction of sp³-hybridized carbons (Fsp3) is 0.200. The molecule has 0 fully saturated rings. The van der Waals surface area contributed by atoms with Crippen LogP contribution < -0.4 is 4.74 Å². The largest absolute Gasteiger partial charge is 0.488 e. The Kier molecular flexibility index (Phi) is 5.25. The summed E-state index contributed by atoms with van der Waals surface area (Å²) >= 11 is 4.61. The highest BCUT2D eigenvalue weighted by Crippen LogP contribution is 2.35. The van der Waals surface area contributed by atoms with E-state index in [0.717, 1.165) is 4.90 Å². The Morgan fingerprint density at radius 2 is 2.14 bits per heavy atom. The van der Waals surface area contributed by atoms with Crippen LogP contribution in [0.25, 0.3) is 0 Å². The lowest BCUT2D eigenvalue weighted by molar-refractivity contribution is 0.0695. The zero-order valence-electron chi connectivity index (χ0n) is 11.5. The SMILES string of the molecule is CC(C)Oc1cccnc1Sc1ccc(Br)c(C(=O)O)c1. The Hall–Kier alpha value is -1.53. The van der Waals surface area contributed by atoms with Gasteiger partial charge in [-0.05, 0) is 60.1 Å². The predicted octanol–water partition coefficient (Wildman–Crippen LogP) is 4.48. The van der Waals surface area contributed by atoms with Crippen LogP contribution in [0.2, 0.25) is 0 Å². The Balaban J connectivity index is 2.30. The number of ether oxygens (including phenoxy) is 1. The second kappa shape index (κ2) is 6.95. The summed E-state index contributed by atoms with van der Waals surface area (Å²) in [4.78, 5) is 16.3. The van der Waals surface area contributed by atoms with E-state index in [0.29, 0.717) is 15.2 Å². The number of rotatable bonds is 5. The third kappa shape index (κ3) is 4.22. The maximum atomic E-state index is 11.2. The van der Waals surface area contributed by atoms with Gasteiger partial charge in [-0.1, -0.05) is 11.8 Å². The maximum absolute atomic E-state index is 11.2. The van der Waals surface area contributed by atoms with Crippen molar-refractivity contribution in [2.24, 2.45) is 0 Å². The van der Waals surface area contributed by atoms with Crippen molar-refractivity contribution in [3.8, 4) is 5.75 Å². The predicted molar refractivity (Wildman–Crippen MR) is 85.2 cm³/mol. The molecule has 0 unspecified atom stereocenters. The summed E-state index contributed by atoms with van der Waals surface area (Å²) in [5, 5.41) is 9.86. The summed E-state index contributed by atoms with van der Waals surface area (Å²) in [6.45, 7) is 3.90. The molecule has 0 atom stereocenters. The highest BCUT2D eigenvalue weighted by Gasteiger charge is 2.12. The first kappa shape index (κ1) is 15.9. The molecule has 2 aromatic rings. The molecular weight excluding hydrogens is 354 g/mol. The Bertz CT molecular complexity index is 661. The van der Waals surface area contributed by atoms with E-state index < -0.39 is 5.97 Å². The number of hydrogen-bond acceptors (Lipinski definition) is 4. The second-order valence-electron chi connectivity index (χ2n) is 4.52. The summed E-state index contributed by atoms with van der Waals surface area (Å²) in [5.74, 6) is -0.277. The fourth-order valence-corrected chi connectivity index (χ4v) is 2.92. The molecule has 0 aliphatic rings. The number of nitrogens with zero attached hydrogens (tertiary/aromatic N) is 1. The topological polar surface area (TPSA) is 59.4 Å². The Morgan fingerprint density at radius 3 is 2.81 bits per heavy atom. The van der Waals surface area contributed by atoms with Gasteiger partial charge in [-0.3, -0.25) is 0 Å². The molecule has 110 valence electrons. The molecule has 0 aliphatic carbocycles. The number of carbonyl (C=O) groups is 1. The first-order valence-corrected chi connectivity index (χ1v) is 7.90. The molecule has 1 heterocycles. The van der Waals surface area contributed by atoms with Gasteiger partial charge >= 0.3 is 5.97 Å². The first-order valence-electron chi connectivity index (χ1n) is 6.29. The van der Waals surface area contributed by atoms with Gasteiger partial charge in [-0.25, -0.2) is 9.78 Å². The van der Waals surface area contributed by atoms with Crippen LogP contribution in [0.4, 0.5) is 0 Å². The minimum Gasteiger partial charge on any atom is -0.488 e. The molecule has 1 aromatic heterocycles. The fourth-order valence-electron chi connectivity index (χ4n) is 1.64. The van der Waals surface area contributed by atoms with E-state index in [2.05, 4.69) is 20.9 Å². The van der Waals surface area contributed by atoms with Gasteiger partial charge in [-0.15, -0.1) is 0 Å². The second-order valence-corrected chi connectivity index (χ2v) is 6.44. The van der Waals surface area contributed by atoms with Crippen LogP contribution in [0.3, 0.4) is 0 Å². The summed E-state index contributed by atoms with van der Waals surface area (Å²) in [7, 11) is 0. The monoisotopic (exact) mass is 367 g/mol. The van der Waals surface area contributed by atoms with Crippen molar-refractivity contribution in [1.82, 2.24) is 4.98 Å². The van der Waals surface area contributed by atoms with Gasteiger partial charge in [0.2, 0.25) is 0 Å². The lowest BCUT2D eigenvalue weighted by Gasteiger charge is -2.13. The lowest BCUT2D eigenvalue weighted by atomic mass is 10.2. The average Bonchev–Trinajstić information content (AvgIpc) is 2.42. The smallest absolute Gasteiger partial charge is 0.336 e. The van der Waals surface area contributed by atoms with Gasteiger partial charge in [0.25, 0.3) is 0 Å². The summed E-state index contributed by atoms with van der Waals surface area (Å²) in [6, 6.07) is 8.84. The van der Waals surface area contributed by atoms with E-state index in [-0.39, 0.29) is 11.7 Å². The van der Waals surface area contributed by atoms with E-state index in [1.165, 1.54) is 11.8 Å². The molecule has 0 bridgehead atoms. The van der Waals surface area contributed by atoms with E-state index in [4.69, 9.17) is 9.84 Å². The zero-order chi connectivity index (χ0) is 15.4. The molecule has 2 rings (SSSR count). The Morgan fingerprint density at radius 1 is 1.38 bits per heavy atom. The molecule has 6 heteroatoms. The van der Waals surface area contributed by atoms with E-state index in [1.54, 1.807) is 18.3 Å². The Labute approximate surface area is 135 Å². The number of hydrogen-bond donors (Lipinski definition) is 1. The van der Waals surface area contributed by atoms with Crippen LogP contribution >= 0.6 is 27.7 Å². The van der Waals surface area contributed by atoms with Crippen molar-refractivity contribution < 1.29 is 14.6 Å². The molecular formula is C15H14BrNO3S. The molecule has 1 N–H and O–H groups in total. The van der Waals surface area contributed by atoms with Crippen molar-refractivity contribution in [3.63, 3.8) is 0 Å². The molecule has 0 saturated carbocycles. The standard InChI is InChI=1S/C15H14BrNO3S/c1-9(2)20-13-4-3-7-17-14(13)21-10-5-6-12(16)11(8-10)15(18)19/h3-9H,1-2H3,(H,18,19). The molecule has 4 nitrogen and oxygen atoms in total. The normalized spacial score (nSPS) is 10.7. The molecule has 0 spiro atoms. The summed E-state index contributed by atoms with van der Waals surface area (Å²) in [5.41, 5.74) is 0.224. The minimum atomic E-state index is -0.969. The zero-order valence-corrected chi connectivity index (χ0v) is 13.9. The lowest BCUT2D eigenvalue weighted by Crippen LogP contribution is -2.06. The van der Waals surface area contributed by atoms with E-state index in [1.807, 2.05) is 32.0 Å².